The maximum absolute atomic E-state index is 12.1. The standard InChI is InChI=1S/C14H26N2O2/c1-16(11-13-10-15-7-8-18-13)14(17)9-12-5-3-2-4-6-12/h12-13,15H,2-11H2,1H3. The minimum absolute atomic E-state index is 0.166. The van der Waals surface area contributed by atoms with Crippen LogP contribution in [0.1, 0.15) is 38.5 Å². The van der Waals surface area contributed by atoms with Gasteiger partial charge in [0.2, 0.25) is 5.91 Å². The summed E-state index contributed by atoms with van der Waals surface area (Å²) in [5.74, 6) is 0.912. The van der Waals surface area contributed by atoms with E-state index in [9.17, 15) is 4.79 Å². The SMILES string of the molecule is CN(CC1CNCCO1)C(=O)CC1CCCCC1. The maximum Gasteiger partial charge on any atom is 0.222 e. The number of nitrogens with one attached hydrogen (secondary N) is 1. The number of ether oxygens (including phenoxy) is 1. The molecule has 2 fully saturated rings. The molecule has 0 aromatic carbocycles. The van der Waals surface area contributed by atoms with Crippen LogP contribution < -0.4 is 5.32 Å². The molecule has 0 aromatic heterocycles. The normalized spacial score (nSPS) is 25.9. The highest BCUT2D eigenvalue weighted by Crippen LogP contribution is 2.26. The Morgan fingerprint density at radius 3 is 2.78 bits per heavy atom. The molecule has 1 heterocycles. The Balaban J connectivity index is 1.69. The number of hydrogen-bond donors (Lipinski definition) is 1. The summed E-state index contributed by atoms with van der Waals surface area (Å²) in [6.45, 7) is 3.27. The van der Waals surface area contributed by atoms with Crippen molar-refractivity contribution in [1.82, 2.24) is 10.2 Å². The van der Waals surface area contributed by atoms with E-state index in [-0.39, 0.29) is 12.0 Å². The molecule has 18 heavy (non-hydrogen) atoms. The van der Waals surface area contributed by atoms with Gasteiger partial charge < -0.3 is 15.0 Å². The van der Waals surface area contributed by atoms with Crippen molar-refractivity contribution in [3.63, 3.8) is 0 Å². The molecular formula is C14H26N2O2. The van der Waals surface area contributed by atoms with Crippen molar-refractivity contribution >= 4 is 5.91 Å². The first kappa shape index (κ1) is 13.8. The molecule has 1 unspecified atom stereocenters. The lowest BCUT2D eigenvalue weighted by molar-refractivity contribution is -0.133. The molecule has 1 atom stereocenters. The van der Waals surface area contributed by atoms with Crippen molar-refractivity contribution in [2.75, 3.05) is 33.3 Å². The van der Waals surface area contributed by atoms with Gasteiger partial charge in [0.05, 0.1) is 12.7 Å². The van der Waals surface area contributed by atoms with E-state index in [4.69, 9.17) is 4.74 Å². The van der Waals surface area contributed by atoms with Crippen molar-refractivity contribution < 1.29 is 9.53 Å². The number of carbonyl (C=O) groups is 1. The molecule has 2 rings (SSSR count). The molecule has 0 aromatic rings. The monoisotopic (exact) mass is 254 g/mol. The summed E-state index contributed by atoms with van der Waals surface area (Å²) in [7, 11) is 1.91. The Morgan fingerprint density at radius 1 is 1.33 bits per heavy atom. The summed E-state index contributed by atoms with van der Waals surface area (Å²) in [6, 6.07) is 0. The van der Waals surface area contributed by atoms with E-state index in [0.29, 0.717) is 5.92 Å². The number of nitrogens with zero attached hydrogens (tertiary/aromatic N) is 1. The fourth-order valence-electron chi connectivity index (χ4n) is 2.94. The van der Waals surface area contributed by atoms with Crippen LogP contribution in [0.4, 0.5) is 0 Å². The van der Waals surface area contributed by atoms with Crippen LogP contribution in [0.25, 0.3) is 0 Å². The van der Waals surface area contributed by atoms with Gasteiger partial charge in [-0.25, -0.2) is 0 Å². The quantitative estimate of drug-likeness (QED) is 0.824. The fraction of sp³-hybridized carbons (Fsp3) is 0.929. The van der Waals surface area contributed by atoms with Crippen LogP contribution in [0.5, 0.6) is 0 Å². The van der Waals surface area contributed by atoms with E-state index in [0.717, 1.165) is 32.7 Å². The predicted octanol–water partition coefficient (Wildman–Crippen LogP) is 1.40. The Morgan fingerprint density at radius 2 is 2.11 bits per heavy atom. The lowest BCUT2D eigenvalue weighted by Gasteiger charge is -2.29. The Kier molecular flexibility index (Phi) is 5.45. The van der Waals surface area contributed by atoms with E-state index in [2.05, 4.69) is 5.32 Å². The van der Waals surface area contributed by atoms with Crippen molar-refractivity contribution in [3.8, 4) is 0 Å². The zero-order valence-electron chi connectivity index (χ0n) is 11.5. The molecule has 0 spiro atoms. The second kappa shape index (κ2) is 7.10. The summed E-state index contributed by atoms with van der Waals surface area (Å²) in [6.07, 6.45) is 7.33. The molecule has 1 N–H and O–H groups in total. The molecule has 4 heteroatoms. The van der Waals surface area contributed by atoms with Crippen LogP contribution in [-0.4, -0.2) is 50.2 Å². The fourth-order valence-corrected chi connectivity index (χ4v) is 2.94. The minimum Gasteiger partial charge on any atom is -0.374 e. The van der Waals surface area contributed by atoms with Crippen LogP contribution in [-0.2, 0) is 9.53 Å². The van der Waals surface area contributed by atoms with E-state index in [1.54, 1.807) is 0 Å². The minimum atomic E-state index is 0.166. The molecule has 4 nitrogen and oxygen atoms in total. The van der Waals surface area contributed by atoms with Gasteiger partial charge in [0, 0.05) is 33.1 Å². The van der Waals surface area contributed by atoms with Crippen LogP contribution in [0.15, 0.2) is 0 Å². The molecule has 1 amide bonds. The molecule has 1 aliphatic heterocycles. The maximum atomic E-state index is 12.1. The smallest absolute Gasteiger partial charge is 0.222 e. The number of rotatable bonds is 4. The van der Waals surface area contributed by atoms with E-state index in [1.807, 2.05) is 11.9 Å². The number of hydrogen-bond acceptors (Lipinski definition) is 3. The average Bonchev–Trinajstić information content (AvgIpc) is 2.41. The number of carbonyl (C=O) groups excluding carboxylic acids is 1. The first-order chi connectivity index (χ1) is 8.75. The highest BCUT2D eigenvalue weighted by molar-refractivity contribution is 5.76. The third kappa shape index (κ3) is 4.25. The van der Waals surface area contributed by atoms with Crippen LogP contribution in [0, 0.1) is 5.92 Å². The molecule has 0 bridgehead atoms. The molecule has 104 valence electrons. The zero-order valence-corrected chi connectivity index (χ0v) is 11.5. The molecule has 1 aliphatic carbocycles. The predicted molar refractivity (Wildman–Crippen MR) is 71.4 cm³/mol. The number of amides is 1. The van der Waals surface area contributed by atoms with Crippen molar-refractivity contribution in [2.24, 2.45) is 5.92 Å². The second-order valence-electron chi connectivity index (χ2n) is 5.68. The van der Waals surface area contributed by atoms with Crippen molar-refractivity contribution in [2.45, 2.75) is 44.6 Å². The lowest BCUT2D eigenvalue weighted by Crippen LogP contribution is -2.46. The number of likely N-dealkylation sites (N-methyl/N-ethyl adjacent to an activating group) is 1. The second-order valence-corrected chi connectivity index (χ2v) is 5.68. The van der Waals surface area contributed by atoms with Gasteiger partial charge in [-0.15, -0.1) is 0 Å². The summed E-state index contributed by atoms with van der Waals surface area (Å²) >= 11 is 0. The molecule has 0 radical (unpaired) electrons. The Hall–Kier alpha value is -0.610. The van der Waals surface area contributed by atoms with E-state index >= 15 is 0 Å². The van der Waals surface area contributed by atoms with Crippen LogP contribution in [0.2, 0.25) is 0 Å². The first-order valence-corrected chi connectivity index (χ1v) is 7.32. The van der Waals surface area contributed by atoms with Crippen molar-refractivity contribution in [3.05, 3.63) is 0 Å². The molecular weight excluding hydrogens is 228 g/mol. The van der Waals surface area contributed by atoms with Gasteiger partial charge in [-0.05, 0) is 18.8 Å². The first-order valence-electron chi connectivity index (χ1n) is 7.32. The number of morpholine rings is 1. The summed E-state index contributed by atoms with van der Waals surface area (Å²) < 4.78 is 5.63. The van der Waals surface area contributed by atoms with Gasteiger partial charge in [-0.1, -0.05) is 19.3 Å². The van der Waals surface area contributed by atoms with Gasteiger partial charge in [-0.3, -0.25) is 4.79 Å². The highest BCUT2D eigenvalue weighted by atomic mass is 16.5. The molecule has 1 saturated heterocycles. The Labute approximate surface area is 110 Å². The lowest BCUT2D eigenvalue weighted by atomic mass is 9.87. The van der Waals surface area contributed by atoms with Gasteiger partial charge in [0.1, 0.15) is 0 Å². The third-order valence-electron chi connectivity index (χ3n) is 4.10. The van der Waals surface area contributed by atoms with Crippen LogP contribution >= 0.6 is 0 Å². The highest BCUT2D eigenvalue weighted by Gasteiger charge is 2.22. The summed E-state index contributed by atoms with van der Waals surface area (Å²) in [5.41, 5.74) is 0. The average molecular weight is 254 g/mol. The van der Waals surface area contributed by atoms with Gasteiger partial charge in [0.25, 0.3) is 0 Å². The zero-order chi connectivity index (χ0) is 12.8. The van der Waals surface area contributed by atoms with E-state index < -0.39 is 0 Å². The van der Waals surface area contributed by atoms with Gasteiger partial charge >= 0.3 is 0 Å². The summed E-state index contributed by atoms with van der Waals surface area (Å²) in [5, 5.41) is 3.30. The molecule has 2 aliphatic rings. The largest absolute Gasteiger partial charge is 0.374 e. The van der Waals surface area contributed by atoms with E-state index in [1.165, 1.54) is 32.1 Å². The third-order valence-corrected chi connectivity index (χ3v) is 4.10. The van der Waals surface area contributed by atoms with Gasteiger partial charge in [-0.2, -0.15) is 0 Å². The van der Waals surface area contributed by atoms with Crippen molar-refractivity contribution in [1.29, 1.82) is 0 Å². The Bertz CT molecular complexity index is 259. The summed E-state index contributed by atoms with van der Waals surface area (Å²) in [4.78, 5) is 14.0. The van der Waals surface area contributed by atoms with Crippen LogP contribution in [0.3, 0.4) is 0 Å². The van der Waals surface area contributed by atoms with Gasteiger partial charge in [0.15, 0.2) is 0 Å². The topological polar surface area (TPSA) is 41.6 Å². The molecule has 1 saturated carbocycles.